The largest absolute Gasteiger partial charge is 0.399 e. The van der Waals surface area contributed by atoms with E-state index in [1.54, 1.807) is 24.5 Å². The van der Waals surface area contributed by atoms with Crippen LogP contribution in [0.25, 0.3) is 22.3 Å². The number of hydrogen-bond donors (Lipinski definition) is 2. The molecule has 0 bridgehead atoms. The summed E-state index contributed by atoms with van der Waals surface area (Å²) in [5.41, 5.74) is 11.7. The summed E-state index contributed by atoms with van der Waals surface area (Å²) in [6.45, 7) is 0. The highest BCUT2D eigenvalue weighted by Gasteiger charge is 2.12. The van der Waals surface area contributed by atoms with E-state index in [0.717, 1.165) is 22.3 Å². The highest BCUT2D eigenvalue weighted by Crippen LogP contribution is 2.30. The molecule has 0 unspecified atom stereocenters. The average Bonchev–Trinajstić information content (AvgIpc) is 2.75. The Balaban J connectivity index is 1.66. The second kappa shape index (κ2) is 7.76. The predicted molar refractivity (Wildman–Crippen MR) is 114 cm³/mol. The SMILES string of the molecule is Nc1ccc(-c2ccccc2)c(NC(=O)c2cccc(-c3cccnc3)c2)c1. The van der Waals surface area contributed by atoms with Crippen molar-refractivity contribution >= 4 is 17.3 Å². The fourth-order valence-electron chi connectivity index (χ4n) is 3.10. The van der Waals surface area contributed by atoms with Crippen LogP contribution in [0.2, 0.25) is 0 Å². The third-order valence-electron chi connectivity index (χ3n) is 4.50. The lowest BCUT2D eigenvalue weighted by Gasteiger charge is -2.13. The summed E-state index contributed by atoms with van der Waals surface area (Å²) in [5.74, 6) is -0.187. The molecule has 0 saturated carbocycles. The topological polar surface area (TPSA) is 68.0 Å². The maximum Gasteiger partial charge on any atom is 0.255 e. The highest BCUT2D eigenvalue weighted by atomic mass is 16.1. The Bertz CT molecular complexity index is 1110. The number of carbonyl (C=O) groups is 1. The molecule has 4 rings (SSSR count). The van der Waals surface area contributed by atoms with Crippen LogP contribution in [-0.2, 0) is 0 Å². The van der Waals surface area contributed by atoms with Crippen molar-refractivity contribution in [2.75, 3.05) is 11.1 Å². The minimum absolute atomic E-state index is 0.187. The second-order valence-corrected chi connectivity index (χ2v) is 6.45. The summed E-state index contributed by atoms with van der Waals surface area (Å²) in [7, 11) is 0. The van der Waals surface area contributed by atoms with Crippen LogP contribution in [0.1, 0.15) is 10.4 Å². The zero-order valence-corrected chi connectivity index (χ0v) is 15.2. The molecule has 1 heterocycles. The average molecular weight is 365 g/mol. The molecule has 28 heavy (non-hydrogen) atoms. The van der Waals surface area contributed by atoms with E-state index in [2.05, 4.69) is 10.3 Å². The van der Waals surface area contributed by atoms with Crippen molar-refractivity contribution in [2.45, 2.75) is 0 Å². The number of nitrogens with two attached hydrogens (primary N) is 1. The van der Waals surface area contributed by atoms with E-state index >= 15 is 0 Å². The van der Waals surface area contributed by atoms with Gasteiger partial charge in [0.25, 0.3) is 5.91 Å². The molecule has 4 heteroatoms. The number of nitrogens with zero attached hydrogens (tertiary/aromatic N) is 1. The van der Waals surface area contributed by atoms with Gasteiger partial charge in [-0.1, -0.05) is 54.6 Å². The quantitative estimate of drug-likeness (QED) is 0.485. The number of rotatable bonds is 4. The first kappa shape index (κ1) is 17.5. The number of nitrogens with one attached hydrogen (secondary N) is 1. The Morgan fingerprint density at radius 1 is 0.786 bits per heavy atom. The standard InChI is InChI=1S/C24H19N3O/c25-21-11-12-22(17-6-2-1-3-7-17)23(15-21)27-24(28)19-9-4-8-18(14-19)20-10-5-13-26-16-20/h1-16H,25H2,(H,27,28). The van der Waals surface area contributed by atoms with Crippen molar-refractivity contribution in [3.63, 3.8) is 0 Å². The van der Waals surface area contributed by atoms with E-state index in [1.165, 1.54) is 0 Å². The van der Waals surface area contributed by atoms with Gasteiger partial charge >= 0.3 is 0 Å². The molecule has 0 atom stereocenters. The van der Waals surface area contributed by atoms with Gasteiger partial charge in [-0.3, -0.25) is 9.78 Å². The number of aromatic nitrogens is 1. The van der Waals surface area contributed by atoms with Crippen LogP contribution in [0.15, 0.2) is 97.3 Å². The number of pyridine rings is 1. The molecule has 3 N–H and O–H groups in total. The maximum absolute atomic E-state index is 12.9. The molecule has 4 aromatic rings. The summed E-state index contributed by atoms with van der Waals surface area (Å²) in [6.07, 6.45) is 3.51. The Kier molecular flexibility index (Phi) is 4.85. The van der Waals surface area contributed by atoms with Gasteiger partial charge < -0.3 is 11.1 Å². The Morgan fingerprint density at radius 2 is 1.57 bits per heavy atom. The summed E-state index contributed by atoms with van der Waals surface area (Å²) in [6, 6.07) is 26.8. The number of benzene rings is 3. The Labute approximate surface area is 163 Å². The molecular formula is C24H19N3O. The molecule has 136 valence electrons. The second-order valence-electron chi connectivity index (χ2n) is 6.45. The molecule has 0 fully saturated rings. The smallest absolute Gasteiger partial charge is 0.255 e. The molecule has 4 nitrogen and oxygen atoms in total. The van der Waals surface area contributed by atoms with E-state index in [1.807, 2.05) is 72.8 Å². The minimum Gasteiger partial charge on any atom is -0.399 e. The van der Waals surface area contributed by atoms with Gasteiger partial charge in [-0.05, 0) is 41.5 Å². The van der Waals surface area contributed by atoms with Gasteiger partial charge in [-0.15, -0.1) is 0 Å². The van der Waals surface area contributed by atoms with Gasteiger partial charge in [-0.2, -0.15) is 0 Å². The van der Waals surface area contributed by atoms with Crippen LogP contribution in [0.5, 0.6) is 0 Å². The van der Waals surface area contributed by atoms with Crippen molar-refractivity contribution < 1.29 is 4.79 Å². The van der Waals surface area contributed by atoms with E-state index in [9.17, 15) is 4.79 Å². The molecule has 0 aliphatic carbocycles. The third kappa shape index (κ3) is 3.76. The summed E-state index contributed by atoms with van der Waals surface area (Å²) < 4.78 is 0. The number of amides is 1. The lowest BCUT2D eigenvalue weighted by atomic mass is 10.0. The van der Waals surface area contributed by atoms with E-state index in [4.69, 9.17) is 5.73 Å². The zero-order valence-electron chi connectivity index (χ0n) is 15.2. The minimum atomic E-state index is -0.187. The van der Waals surface area contributed by atoms with Gasteiger partial charge in [0.05, 0.1) is 5.69 Å². The van der Waals surface area contributed by atoms with Crippen molar-refractivity contribution in [3.8, 4) is 22.3 Å². The van der Waals surface area contributed by atoms with E-state index in [-0.39, 0.29) is 5.91 Å². The van der Waals surface area contributed by atoms with Crippen molar-refractivity contribution in [3.05, 3.63) is 103 Å². The molecule has 1 aromatic heterocycles. The predicted octanol–water partition coefficient (Wildman–Crippen LogP) is 5.25. The van der Waals surface area contributed by atoms with Gasteiger partial charge in [0.15, 0.2) is 0 Å². The van der Waals surface area contributed by atoms with E-state index in [0.29, 0.717) is 16.9 Å². The van der Waals surface area contributed by atoms with Crippen LogP contribution in [-0.4, -0.2) is 10.9 Å². The molecule has 1 amide bonds. The zero-order chi connectivity index (χ0) is 19.3. The van der Waals surface area contributed by atoms with Gasteiger partial charge in [-0.25, -0.2) is 0 Å². The summed E-state index contributed by atoms with van der Waals surface area (Å²) in [4.78, 5) is 17.1. The Morgan fingerprint density at radius 3 is 2.36 bits per heavy atom. The summed E-state index contributed by atoms with van der Waals surface area (Å²) in [5, 5.41) is 3.01. The van der Waals surface area contributed by atoms with Crippen molar-refractivity contribution in [2.24, 2.45) is 0 Å². The molecule has 3 aromatic carbocycles. The Hall–Kier alpha value is -3.92. The number of anilines is 2. The number of carbonyl (C=O) groups excluding carboxylic acids is 1. The van der Waals surface area contributed by atoms with Gasteiger partial charge in [0.1, 0.15) is 0 Å². The van der Waals surface area contributed by atoms with Crippen LogP contribution >= 0.6 is 0 Å². The fourth-order valence-corrected chi connectivity index (χ4v) is 3.10. The van der Waals surface area contributed by atoms with Gasteiger partial charge in [0, 0.05) is 34.8 Å². The number of nitrogen functional groups attached to an aromatic ring is 1. The van der Waals surface area contributed by atoms with Gasteiger partial charge in [0.2, 0.25) is 0 Å². The fraction of sp³-hybridized carbons (Fsp3) is 0. The highest BCUT2D eigenvalue weighted by molar-refractivity contribution is 6.07. The molecule has 0 aliphatic rings. The first-order valence-electron chi connectivity index (χ1n) is 8.97. The monoisotopic (exact) mass is 365 g/mol. The molecule has 0 spiro atoms. The summed E-state index contributed by atoms with van der Waals surface area (Å²) >= 11 is 0. The van der Waals surface area contributed by atoms with Crippen molar-refractivity contribution in [1.29, 1.82) is 0 Å². The molecular weight excluding hydrogens is 346 g/mol. The van der Waals surface area contributed by atoms with Crippen LogP contribution < -0.4 is 11.1 Å². The molecule has 0 radical (unpaired) electrons. The first-order valence-corrected chi connectivity index (χ1v) is 8.97. The van der Waals surface area contributed by atoms with Crippen LogP contribution in [0, 0.1) is 0 Å². The third-order valence-corrected chi connectivity index (χ3v) is 4.50. The van der Waals surface area contributed by atoms with E-state index < -0.39 is 0 Å². The van der Waals surface area contributed by atoms with Crippen molar-refractivity contribution in [1.82, 2.24) is 4.98 Å². The lowest BCUT2D eigenvalue weighted by molar-refractivity contribution is 0.102. The molecule has 0 aliphatic heterocycles. The first-order chi connectivity index (χ1) is 13.7. The van der Waals surface area contributed by atoms with Crippen LogP contribution in [0.3, 0.4) is 0 Å². The van der Waals surface area contributed by atoms with Crippen LogP contribution in [0.4, 0.5) is 11.4 Å². The maximum atomic E-state index is 12.9. The normalized spacial score (nSPS) is 10.4. The molecule has 0 saturated heterocycles. The lowest BCUT2D eigenvalue weighted by Crippen LogP contribution is -2.13. The number of hydrogen-bond acceptors (Lipinski definition) is 3.